The van der Waals surface area contributed by atoms with E-state index in [0.29, 0.717) is 12.0 Å². The second kappa shape index (κ2) is 7.72. The van der Waals surface area contributed by atoms with Crippen molar-refractivity contribution in [2.45, 2.75) is 18.9 Å². The van der Waals surface area contributed by atoms with Gasteiger partial charge in [0.2, 0.25) is 5.95 Å². The predicted molar refractivity (Wildman–Crippen MR) is 104 cm³/mol. The molecule has 26 heavy (non-hydrogen) atoms. The Bertz CT molecular complexity index is 724. The first-order valence-corrected chi connectivity index (χ1v) is 9.37. The fourth-order valence-electron chi connectivity index (χ4n) is 3.60. The van der Waals surface area contributed by atoms with Gasteiger partial charge in [0.15, 0.2) is 5.96 Å². The zero-order chi connectivity index (χ0) is 17.8. The molecule has 1 saturated carbocycles. The van der Waals surface area contributed by atoms with E-state index < -0.39 is 0 Å². The fourth-order valence-corrected chi connectivity index (χ4v) is 3.60. The van der Waals surface area contributed by atoms with Crippen LogP contribution in [-0.4, -0.2) is 60.1 Å². The van der Waals surface area contributed by atoms with Gasteiger partial charge >= 0.3 is 0 Å². The van der Waals surface area contributed by atoms with Crippen molar-refractivity contribution in [1.82, 2.24) is 20.2 Å². The molecule has 0 spiro atoms. The van der Waals surface area contributed by atoms with Crippen LogP contribution in [0.25, 0.3) is 0 Å². The smallest absolute Gasteiger partial charge is 0.225 e. The molecule has 6 nitrogen and oxygen atoms in total. The zero-order valence-corrected chi connectivity index (χ0v) is 15.3. The summed E-state index contributed by atoms with van der Waals surface area (Å²) in [4.78, 5) is 17.8. The van der Waals surface area contributed by atoms with Crippen LogP contribution in [0.5, 0.6) is 0 Å². The number of benzene rings is 1. The molecule has 1 aromatic heterocycles. The van der Waals surface area contributed by atoms with Gasteiger partial charge in [-0.25, -0.2) is 9.97 Å². The summed E-state index contributed by atoms with van der Waals surface area (Å²) < 4.78 is 0. The first-order chi connectivity index (χ1) is 12.8. The molecule has 0 bridgehead atoms. The highest BCUT2D eigenvalue weighted by molar-refractivity contribution is 5.80. The molecule has 136 valence electrons. The molecule has 0 amide bonds. The molecular formula is C20H26N6. The van der Waals surface area contributed by atoms with Crippen molar-refractivity contribution >= 4 is 11.9 Å². The lowest BCUT2D eigenvalue weighted by molar-refractivity contribution is 0.369. The minimum Gasteiger partial charge on any atom is -0.353 e. The van der Waals surface area contributed by atoms with Gasteiger partial charge in [0.1, 0.15) is 0 Å². The molecule has 1 N–H and O–H groups in total. The average Bonchev–Trinajstić information content (AvgIpc) is 3.45. The number of piperazine rings is 1. The molecule has 1 aromatic carbocycles. The summed E-state index contributed by atoms with van der Waals surface area (Å²) in [7, 11) is 1.88. The Morgan fingerprint density at radius 1 is 1.08 bits per heavy atom. The largest absolute Gasteiger partial charge is 0.353 e. The van der Waals surface area contributed by atoms with Crippen molar-refractivity contribution in [3.05, 3.63) is 54.4 Å². The molecule has 2 unspecified atom stereocenters. The Morgan fingerprint density at radius 2 is 1.81 bits per heavy atom. The predicted octanol–water partition coefficient (Wildman–Crippen LogP) is 1.81. The lowest BCUT2D eigenvalue weighted by Crippen LogP contribution is -2.53. The maximum Gasteiger partial charge on any atom is 0.225 e. The summed E-state index contributed by atoms with van der Waals surface area (Å²) in [6.07, 6.45) is 5.98. The van der Waals surface area contributed by atoms with Crippen LogP contribution in [0.1, 0.15) is 12.0 Å². The number of guanidine groups is 1. The summed E-state index contributed by atoms with van der Waals surface area (Å²) in [5, 5.41) is 3.66. The highest BCUT2D eigenvalue weighted by Crippen LogP contribution is 2.33. The van der Waals surface area contributed by atoms with Crippen molar-refractivity contribution in [2.24, 2.45) is 10.9 Å². The van der Waals surface area contributed by atoms with Gasteiger partial charge in [-0.2, -0.15) is 0 Å². The van der Waals surface area contributed by atoms with Crippen molar-refractivity contribution in [3.63, 3.8) is 0 Å². The van der Waals surface area contributed by atoms with E-state index in [1.54, 1.807) is 12.4 Å². The SMILES string of the molecule is CN=C(NC1CC1Cc1ccccc1)N1CCN(c2ncccn2)CC1. The van der Waals surface area contributed by atoms with E-state index in [4.69, 9.17) is 0 Å². The van der Waals surface area contributed by atoms with E-state index in [-0.39, 0.29) is 0 Å². The second-order valence-corrected chi connectivity index (χ2v) is 7.01. The molecule has 0 radical (unpaired) electrons. The van der Waals surface area contributed by atoms with E-state index in [1.165, 1.54) is 12.0 Å². The molecule has 2 atom stereocenters. The Balaban J connectivity index is 1.27. The minimum absolute atomic E-state index is 0.546. The Morgan fingerprint density at radius 3 is 2.50 bits per heavy atom. The fraction of sp³-hybridized carbons (Fsp3) is 0.450. The minimum atomic E-state index is 0.546. The molecule has 1 aliphatic heterocycles. The number of rotatable bonds is 4. The molecule has 2 aromatic rings. The van der Waals surface area contributed by atoms with Crippen LogP contribution in [0.4, 0.5) is 5.95 Å². The van der Waals surface area contributed by atoms with E-state index in [1.807, 2.05) is 13.1 Å². The van der Waals surface area contributed by atoms with E-state index in [2.05, 4.69) is 60.4 Å². The van der Waals surface area contributed by atoms with Crippen molar-refractivity contribution in [1.29, 1.82) is 0 Å². The number of nitrogens with zero attached hydrogens (tertiary/aromatic N) is 5. The second-order valence-electron chi connectivity index (χ2n) is 7.01. The standard InChI is InChI=1S/C20H26N6/c1-21-19(24-18-15-17(18)14-16-6-3-2-4-7-16)25-10-12-26(13-11-25)20-22-8-5-9-23-20/h2-9,17-18H,10-15H2,1H3,(H,21,24). The van der Waals surface area contributed by atoms with E-state index >= 15 is 0 Å². The zero-order valence-electron chi connectivity index (χ0n) is 15.3. The molecule has 2 heterocycles. The number of anilines is 1. The van der Waals surface area contributed by atoms with Crippen LogP contribution in [0.2, 0.25) is 0 Å². The quantitative estimate of drug-likeness (QED) is 0.673. The van der Waals surface area contributed by atoms with Crippen LogP contribution in [0.15, 0.2) is 53.8 Å². The normalized spacial score (nSPS) is 23.0. The monoisotopic (exact) mass is 350 g/mol. The summed E-state index contributed by atoms with van der Waals surface area (Å²) >= 11 is 0. The van der Waals surface area contributed by atoms with E-state index in [9.17, 15) is 0 Å². The maximum atomic E-state index is 4.51. The number of hydrogen-bond acceptors (Lipinski definition) is 4. The third kappa shape index (κ3) is 3.95. The van der Waals surface area contributed by atoms with Crippen LogP contribution in [0.3, 0.4) is 0 Å². The molecule has 1 aliphatic carbocycles. The van der Waals surface area contributed by atoms with Gasteiger partial charge in [-0.15, -0.1) is 0 Å². The number of aromatic nitrogens is 2. The molecule has 4 rings (SSSR count). The lowest BCUT2D eigenvalue weighted by Gasteiger charge is -2.36. The third-order valence-electron chi connectivity index (χ3n) is 5.20. The van der Waals surface area contributed by atoms with Gasteiger partial charge in [0.25, 0.3) is 0 Å². The molecule has 1 saturated heterocycles. The number of hydrogen-bond donors (Lipinski definition) is 1. The maximum absolute atomic E-state index is 4.51. The van der Waals surface area contributed by atoms with Gasteiger partial charge in [0, 0.05) is 51.7 Å². The summed E-state index contributed by atoms with van der Waals surface area (Å²) in [6.45, 7) is 3.72. The average molecular weight is 350 g/mol. The van der Waals surface area contributed by atoms with Gasteiger partial charge < -0.3 is 15.1 Å². The van der Waals surface area contributed by atoms with E-state index in [0.717, 1.165) is 44.5 Å². The van der Waals surface area contributed by atoms with Crippen LogP contribution >= 0.6 is 0 Å². The first kappa shape index (κ1) is 16.8. The summed E-state index contributed by atoms with van der Waals surface area (Å²) in [5.41, 5.74) is 1.42. The number of nitrogens with one attached hydrogen (secondary N) is 1. The third-order valence-corrected chi connectivity index (χ3v) is 5.20. The highest BCUT2D eigenvalue weighted by Gasteiger charge is 2.38. The summed E-state index contributed by atoms with van der Waals surface area (Å²) in [6, 6.07) is 13.2. The Labute approximate surface area is 155 Å². The first-order valence-electron chi connectivity index (χ1n) is 9.37. The van der Waals surface area contributed by atoms with Crippen LogP contribution in [-0.2, 0) is 6.42 Å². The van der Waals surface area contributed by atoms with Gasteiger partial charge in [0.05, 0.1) is 0 Å². The van der Waals surface area contributed by atoms with Crippen molar-refractivity contribution < 1.29 is 0 Å². The number of aliphatic imine (C=N–C) groups is 1. The van der Waals surface area contributed by atoms with Crippen molar-refractivity contribution in [3.8, 4) is 0 Å². The Kier molecular flexibility index (Phi) is 5.00. The topological polar surface area (TPSA) is 56.7 Å². The Hall–Kier alpha value is -2.63. The van der Waals surface area contributed by atoms with Crippen molar-refractivity contribution in [2.75, 3.05) is 38.1 Å². The van der Waals surface area contributed by atoms with Gasteiger partial charge in [-0.3, -0.25) is 4.99 Å². The van der Waals surface area contributed by atoms with Gasteiger partial charge in [-0.1, -0.05) is 30.3 Å². The molecular weight excluding hydrogens is 324 g/mol. The van der Waals surface area contributed by atoms with Gasteiger partial charge in [-0.05, 0) is 30.4 Å². The summed E-state index contributed by atoms with van der Waals surface area (Å²) in [5.74, 6) is 2.56. The molecule has 6 heteroatoms. The van der Waals surface area contributed by atoms with Crippen LogP contribution < -0.4 is 10.2 Å². The lowest BCUT2D eigenvalue weighted by atomic mass is 10.1. The molecule has 2 fully saturated rings. The van der Waals surface area contributed by atoms with Crippen LogP contribution in [0, 0.1) is 5.92 Å². The molecule has 2 aliphatic rings. The highest BCUT2D eigenvalue weighted by atomic mass is 15.4.